The van der Waals surface area contributed by atoms with Crippen LogP contribution in [0.4, 0.5) is 0 Å². The second-order valence-corrected chi connectivity index (χ2v) is 7.39. The number of hydrogen-bond donors (Lipinski definition) is 3. The first-order valence-corrected chi connectivity index (χ1v) is 11.3. The van der Waals surface area contributed by atoms with Crippen LogP contribution in [0.1, 0.15) is 104 Å². The molecule has 24 heavy (non-hydrogen) atoms. The minimum Gasteiger partial charge on any atom is -0.381 e. The van der Waals surface area contributed by atoms with Crippen molar-refractivity contribution in [3.8, 4) is 0 Å². The van der Waals surface area contributed by atoms with Gasteiger partial charge in [-0.2, -0.15) is 0 Å². The maximum atomic E-state index is 8.88. The summed E-state index contributed by atoms with van der Waals surface area (Å²) in [6, 6.07) is 0. The van der Waals surface area contributed by atoms with Crippen LogP contribution >= 0.6 is 7.82 Å². The Morgan fingerprint density at radius 2 is 0.833 bits per heavy atom. The summed E-state index contributed by atoms with van der Waals surface area (Å²) < 4.78 is 14.6. The molecule has 0 rings (SSSR count). The van der Waals surface area contributed by atoms with Crippen LogP contribution in [0.25, 0.3) is 0 Å². The van der Waals surface area contributed by atoms with Crippen molar-refractivity contribution in [2.75, 3.05) is 13.2 Å². The predicted octanol–water partition coefficient (Wildman–Crippen LogP) is 5.58. The molecule has 0 aromatic heterocycles. The smallest absolute Gasteiger partial charge is 0.381 e. The summed E-state index contributed by atoms with van der Waals surface area (Å²) in [4.78, 5) is 21.6. The molecule has 0 saturated heterocycles. The maximum absolute atomic E-state index is 8.88. The second-order valence-electron chi connectivity index (χ2n) is 6.37. The van der Waals surface area contributed by atoms with Crippen LogP contribution in [0.2, 0.25) is 0 Å². The molecule has 0 atom stereocenters. The van der Waals surface area contributed by atoms with Crippen molar-refractivity contribution >= 4 is 7.82 Å². The van der Waals surface area contributed by atoms with Gasteiger partial charge in [-0.15, -0.1) is 0 Å². The molecule has 0 saturated carbocycles. The van der Waals surface area contributed by atoms with E-state index in [0.717, 1.165) is 13.2 Å². The third-order valence-electron chi connectivity index (χ3n) is 3.78. The molecule has 0 aromatic carbocycles. The van der Waals surface area contributed by atoms with E-state index >= 15 is 0 Å². The number of ether oxygens (including phenoxy) is 1. The summed E-state index contributed by atoms with van der Waals surface area (Å²) in [6.45, 7) is 6.53. The molecule has 0 heterocycles. The van der Waals surface area contributed by atoms with Crippen molar-refractivity contribution in [1.82, 2.24) is 0 Å². The van der Waals surface area contributed by atoms with Crippen LogP contribution in [-0.4, -0.2) is 27.9 Å². The molecule has 0 unspecified atom stereocenters. The Kier molecular flexibility index (Phi) is 23.1. The zero-order valence-corrected chi connectivity index (χ0v) is 16.8. The summed E-state index contributed by atoms with van der Waals surface area (Å²) in [6.07, 6.45) is 19.3. The van der Waals surface area contributed by atoms with Gasteiger partial charge in [0.2, 0.25) is 0 Å². The quantitative estimate of drug-likeness (QED) is 0.245. The normalized spacial score (nSPS) is 11.2. The molecular weight excluding hydrogens is 327 g/mol. The molecule has 0 aliphatic carbocycles. The molecule has 0 aliphatic rings. The molecule has 3 N–H and O–H groups in total. The van der Waals surface area contributed by atoms with Crippen molar-refractivity contribution < 1.29 is 24.0 Å². The van der Waals surface area contributed by atoms with Crippen molar-refractivity contribution in [2.45, 2.75) is 104 Å². The van der Waals surface area contributed by atoms with Gasteiger partial charge in [-0.3, -0.25) is 0 Å². The predicted molar refractivity (Wildman–Crippen MR) is 101 cm³/mol. The summed E-state index contributed by atoms with van der Waals surface area (Å²) in [7, 11) is -4.64. The zero-order chi connectivity index (χ0) is 18.5. The Hall–Kier alpha value is 0.0700. The van der Waals surface area contributed by atoms with Gasteiger partial charge in [0.15, 0.2) is 0 Å². The standard InChI is InChI=1S/C18H38O.H3O4P/c1-3-5-7-9-11-13-15-17-19-18-16-14-12-10-8-6-4-2;1-5(2,3)4/h3-18H2,1-2H3;(H3,1,2,3,4). The third kappa shape index (κ3) is 37.9. The Labute approximate surface area is 149 Å². The Morgan fingerprint density at radius 1 is 0.583 bits per heavy atom. The van der Waals surface area contributed by atoms with Gasteiger partial charge in [0.1, 0.15) is 0 Å². The van der Waals surface area contributed by atoms with Gasteiger partial charge >= 0.3 is 7.82 Å². The topological polar surface area (TPSA) is 87.0 Å². The minimum atomic E-state index is -4.64. The highest BCUT2D eigenvalue weighted by Crippen LogP contribution is 2.25. The molecule has 0 radical (unpaired) electrons. The van der Waals surface area contributed by atoms with Gasteiger partial charge in [0, 0.05) is 13.2 Å². The molecular formula is C18H41O5P. The SMILES string of the molecule is CCCCCCCCCOCCCCCCCCC.O=P(O)(O)O. The summed E-state index contributed by atoms with van der Waals surface area (Å²) in [5.41, 5.74) is 0. The molecule has 0 aromatic rings. The Balaban J connectivity index is 0. The van der Waals surface area contributed by atoms with Gasteiger partial charge in [-0.25, -0.2) is 4.57 Å². The fourth-order valence-corrected chi connectivity index (χ4v) is 2.42. The van der Waals surface area contributed by atoms with Gasteiger partial charge in [0.05, 0.1) is 0 Å². The molecule has 0 bridgehead atoms. The van der Waals surface area contributed by atoms with Gasteiger partial charge in [0.25, 0.3) is 0 Å². The molecule has 0 aliphatic heterocycles. The lowest BCUT2D eigenvalue weighted by Gasteiger charge is -2.04. The zero-order valence-electron chi connectivity index (χ0n) is 15.9. The van der Waals surface area contributed by atoms with E-state index in [1.807, 2.05) is 0 Å². The van der Waals surface area contributed by atoms with Gasteiger partial charge in [-0.1, -0.05) is 90.9 Å². The van der Waals surface area contributed by atoms with Gasteiger partial charge in [-0.05, 0) is 12.8 Å². The lowest BCUT2D eigenvalue weighted by molar-refractivity contribution is 0.125. The monoisotopic (exact) mass is 368 g/mol. The van der Waals surface area contributed by atoms with E-state index in [0.29, 0.717) is 0 Å². The maximum Gasteiger partial charge on any atom is 0.466 e. The van der Waals surface area contributed by atoms with Crippen LogP contribution in [0, 0.1) is 0 Å². The summed E-state index contributed by atoms with van der Waals surface area (Å²) in [5, 5.41) is 0. The van der Waals surface area contributed by atoms with Crippen LogP contribution in [-0.2, 0) is 9.30 Å². The van der Waals surface area contributed by atoms with Crippen molar-refractivity contribution in [2.24, 2.45) is 0 Å². The highest BCUT2D eigenvalue weighted by Gasteiger charge is 2.00. The molecule has 0 amide bonds. The van der Waals surface area contributed by atoms with Crippen LogP contribution in [0.5, 0.6) is 0 Å². The van der Waals surface area contributed by atoms with E-state index in [1.54, 1.807) is 0 Å². The summed E-state index contributed by atoms with van der Waals surface area (Å²) in [5.74, 6) is 0. The molecule has 6 heteroatoms. The minimum absolute atomic E-state index is 0.990. The van der Waals surface area contributed by atoms with Crippen molar-refractivity contribution in [3.63, 3.8) is 0 Å². The van der Waals surface area contributed by atoms with Crippen LogP contribution in [0.15, 0.2) is 0 Å². The highest BCUT2D eigenvalue weighted by atomic mass is 31.2. The van der Waals surface area contributed by atoms with E-state index in [9.17, 15) is 0 Å². The lowest BCUT2D eigenvalue weighted by Crippen LogP contribution is -1.97. The number of unbranched alkanes of at least 4 members (excludes halogenated alkanes) is 12. The highest BCUT2D eigenvalue weighted by molar-refractivity contribution is 7.45. The third-order valence-corrected chi connectivity index (χ3v) is 3.78. The van der Waals surface area contributed by atoms with E-state index in [2.05, 4.69) is 13.8 Å². The first-order chi connectivity index (χ1) is 11.4. The molecule has 148 valence electrons. The fraction of sp³-hybridized carbons (Fsp3) is 1.00. The number of hydrogen-bond acceptors (Lipinski definition) is 2. The molecule has 0 fully saturated rings. The van der Waals surface area contributed by atoms with E-state index < -0.39 is 7.82 Å². The first-order valence-electron chi connectivity index (χ1n) is 9.77. The van der Waals surface area contributed by atoms with Crippen LogP contribution in [0.3, 0.4) is 0 Å². The average molecular weight is 368 g/mol. The molecule has 0 spiro atoms. The van der Waals surface area contributed by atoms with Crippen molar-refractivity contribution in [1.29, 1.82) is 0 Å². The Morgan fingerprint density at radius 3 is 1.12 bits per heavy atom. The van der Waals surface area contributed by atoms with E-state index in [4.69, 9.17) is 24.0 Å². The van der Waals surface area contributed by atoms with Crippen LogP contribution < -0.4 is 0 Å². The summed E-state index contributed by atoms with van der Waals surface area (Å²) >= 11 is 0. The Bertz CT molecular complexity index is 244. The number of phosphoric acid groups is 1. The largest absolute Gasteiger partial charge is 0.466 e. The first kappa shape index (κ1) is 26.3. The average Bonchev–Trinajstić information content (AvgIpc) is 2.49. The van der Waals surface area contributed by atoms with E-state index in [1.165, 1.54) is 89.9 Å². The van der Waals surface area contributed by atoms with Gasteiger partial charge < -0.3 is 19.4 Å². The fourth-order valence-electron chi connectivity index (χ4n) is 2.42. The lowest BCUT2D eigenvalue weighted by atomic mass is 10.1. The number of rotatable bonds is 16. The molecule has 5 nitrogen and oxygen atoms in total. The second kappa shape index (κ2) is 21.1. The van der Waals surface area contributed by atoms with E-state index in [-0.39, 0.29) is 0 Å². The van der Waals surface area contributed by atoms with Crippen molar-refractivity contribution in [3.05, 3.63) is 0 Å².